The first-order valence-corrected chi connectivity index (χ1v) is 4.20. The van der Waals surface area contributed by atoms with Gasteiger partial charge in [-0.1, -0.05) is 11.6 Å². The average Bonchev–Trinajstić information content (AvgIpc) is 2.17. The van der Waals surface area contributed by atoms with Crippen LogP contribution in [0.15, 0.2) is 12.4 Å². The van der Waals surface area contributed by atoms with Crippen molar-refractivity contribution in [3.05, 3.63) is 17.4 Å². The van der Waals surface area contributed by atoms with Crippen molar-refractivity contribution in [2.24, 2.45) is 5.73 Å². The van der Waals surface area contributed by atoms with Crippen molar-refractivity contribution < 1.29 is 8.78 Å². The van der Waals surface area contributed by atoms with E-state index < -0.39 is 19.0 Å². The summed E-state index contributed by atoms with van der Waals surface area (Å²) in [6, 6.07) is 0. The van der Waals surface area contributed by atoms with E-state index in [1.807, 2.05) is 0 Å². The van der Waals surface area contributed by atoms with E-state index >= 15 is 0 Å². The first kappa shape index (κ1) is 11.1. The molecule has 1 aromatic rings. The Morgan fingerprint density at radius 1 is 1.43 bits per heavy atom. The van der Waals surface area contributed by atoms with Gasteiger partial charge in [-0.3, -0.25) is 0 Å². The highest BCUT2D eigenvalue weighted by Crippen LogP contribution is 2.12. The predicted octanol–water partition coefficient (Wildman–Crippen LogP) is 1.14. The zero-order chi connectivity index (χ0) is 10.6. The summed E-state index contributed by atoms with van der Waals surface area (Å²) in [5.41, 5.74) is 4.84. The van der Waals surface area contributed by atoms with E-state index in [-0.39, 0.29) is 5.95 Å². The lowest BCUT2D eigenvalue weighted by Crippen LogP contribution is -2.35. The van der Waals surface area contributed by atoms with Gasteiger partial charge in [0, 0.05) is 0 Å². The Bertz CT molecular complexity index is 290. The number of nitrogens with two attached hydrogens (primary N) is 1. The number of rotatable bonds is 4. The molecule has 0 aliphatic rings. The van der Waals surface area contributed by atoms with Gasteiger partial charge in [-0.05, 0) is 0 Å². The molecule has 0 atom stereocenters. The molecule has 0 aliphatic carbocycles. The fourth-order valence-corrected chi connectivity index (χ4v) is 0.782. The highest BCUT2D eigenvalue weighted by atomic mass is 35.5. The maximum absolute atomic E-state index is 12.6. The third-order valence-corrected chi connectivity index (χ3v) is 1.62. The Kier molecular flexibility index (Phi) is 3.54. The summed E-state index contributed by atoms with van der Waals surface area (Å²) >= 11 is 5.51. The van der Waals surface area contributed by atoms with E-state index in [4.69, 9.17) is 17.3 Å². The fourth-order valence-electron chi connectivity index (χ4n) is 0.684. The zero-order valence-corrected chi connectivity index (χ0v) is 7.93. The summed E-state index contributed by atoms with van der Waals surface area (Å²) in [6.45, 7) is -1.31. The van der Waals surface area contributed by atoms with E-state index in [0.717, 1.165) is 0 Å². The number of nitrogens with one attached hydrogen (secondary N) is 1. The molecule has 0 unspecified atom stereocenters. The third kappa shape index (κ3) is 3.39. The van der Waals surface area contributed by atoms with Gasteiger partial charge in [0.1, 0.15) is 0 Å². The van der Waals surface area contributed by atoms with Crippen LogP contribution < -0.4 is 11.1 Å². The van der Waals surface area contributed by atoms with E-state index in [1.54, 1.807) is 0 Å². The van der Waals surface area contributed by atoms with Crippen molar-refractivity contribution in [3.8, 4) is 0 Å². The van der Waals surface area contributed by atoms with Crippen LogP contribution in [-0.2, 0) is 0 Å². The Morgan fingerprint density at radius 2 is 2.00 bits per heavy atom. The number of halogens is 3. The number of nitrogens with zero attached hydrogens (tertiary/aromatic N) is 2. The van der Waals surface area contributed by atoms with Gasteiger partial charge in [-0.25, -0.2) is 18.7 Å². The van der Waals surface area contributed by atoms with Crippen molar-refractivity contribution in [1.29, 1.82) is 0 Å². The molecule has 0 aliphatic heterocycles. The molecule has 0 saturated carbocycles. The minimum Gasteiger partial charge on any atom is -0.348 e. The molecular formula is C7H9ClF2N4. The first-order valence-electron chi connectivity index (χ1n) is 3.83. The van der Waals surface area contributed by atoms with Gasteiger partial charge in [0.05, 0.1) is 30.5 Å². The van der Waals surface area contributed by atoms with Crippen LogP contribution in [0.25, 0.3) is 0 Å². The minimum atomic E-state index is -2.96. The molecule has 0 spiro atoms. The van der Waals surface area contributed by atoms with Crippen molar-refractivity contribution in [2.75, 3.05) is 18.4 Å². The Morgan fingerprint density at radius 3 is 2.50 bits per heavy atom. The number of hydrogen-bond donors (Lipinski definition) is 2. The number of aromatic nitrogens is 2. The molecule has 1 rings (SSSR count). The molecule has 0 aromatic carbocycles. The van der Waals surface area contributed by atoms with Gasteiger partial charge in [0.15, 0.2) is 0 Å². The lowest BCUT2D eigenvalue weighted by Gasteiger charge is -2.13. The van der Waals surface area contributed by atoms with Gasteiger partial charge in [0.2, 0.25) is 5.95 Å². The van der Waals surface area contributed by atoms with E-state index in [0.29, 0.717) is 5.02 Å². The normalized spacial score (nSPS) is 11.4. The molecule has 14 heavy (non-hydrogen) atoms. The van der Waals surface area contributed by atoms with Crippen LogP contribution in [0.1, 0.15) is 0 Å². The van der Waals surface area contributed by atoms with Crippen LogP contribution in [-0.4, -0.2) is 29.0 Å². The monoisotopic (exact) mass is 222 g/mol. The second-order valence-electron chi connectivity index (χ2n) is 2.64. The summed E-state index contributed by atoms with van der Waals surface area (Å²) in [5, 5.41) is 2.70. The van der Waals surface area contributed by atoms with Gasteiger partial charge < -0.3 is 11.1 Å². The van der Waals surface area contributed by atoms with E-state index in [9.17, 15) is 8.78 Å². The minimum absolute atomic E-state index is 0.0996. The van der Waals surface area contributed by atoms with Gasteiger partial charge in [0.25, 0.3) is 5.92 Å². The Balaban J connectivity index is 2.50. The molecule has 1 aromatic heterocycles. The number of alkyl halides is 2. The second kappa shape index (κ2) is 4.47. The molecule has 3 N–H and O–H groups in total. The van der Waals surface area contributed by atoms with Gasteiger partial charge >= 0.3 is 0 Å². The lowest BCUT2D eigenvalue weighted by atomic mass is 10.3. The molecular weight excluding hydrogens is 214 g/mol. The fraction of sp³-hybridized carbons (Fsp3) is 0.429. The van der Waals surface area contributed by atoms with Crippen LogP contribution in [0.2, 0.25) is 5.02 Å². The molecule has 0 fully saturated rings. The highest BCUT2D eigenvalue weighted by molar-refractivity contribution is 6.30. The topological polar surface area (TPSA) is 63.8 Å². The van der Waals surface area contributed by atoms with Crippen LogP contribution in [0.5, 0.6) is 0 Å². The molecule has 0 saturated heterocycles. The molecule has 4 nitrogen and oxygen atoms in total. The van der Waals surface area contributed by atoms with Crippen molar-refractivity contribution in [1.82, 2.24) is 9.97 Å². The Hall–Kier alpha value is -1.01. The van der Waals surface area contributed by atoms with Crippen molar-refractivity contribution in [3.63, 3.8) is 0 Å². The summed E-state index contributed by atoms with van der Waals surface area (Å²) < 4.78 is 25.3. The van der Waals surface area contributed by atoms with Crippen molar-refractivity contribution >= 4 is 17.5 Å². The highest BCUT2D eigenvalue weighted by Gasteiger charge is 2.26. The summed E-state index contributed by atoms with van der Waals surface area (Å²) in [5.74, 6) is -2.86. The van der Waals surface area contributed by atoms with Crippen LogP contribution >= 0.6 is 11.6 Å². The van der Waals surface area contributed by atoms with Crippen molar-refractivity contribution in [2.45, 2.75) is 5.92 Å². The van der Waals surface area contributed by atoms with Crippen LogP contribution in [0, 0.1) is 0 Å². The Labute approximate surface area is 84.5 Å². The maximum Gasteiger partial charge on any atom is 0.277 e. The first-order chi connectivity index (χ1) is 6.53. The van der Waals surface area contributed by atoms with E-state index in [2.05, 4.69) is 15.3 Å². The quantitative estimate of drug-likeness (QED) is 0.802. The molecule has 1 heterocycles. The average molecular weight is 223 g/mol. The van der Waals surface area contributed by atoms with Gasteiger partial charge in [-0.15, -0.1) is 0 Å². The van der Waals surface area contributed by atoms with E-state index in [1.165, 1.54) is 12.4 Å². The molecule has 78 valence electrons. The standard InChI is InChI=1S/C7H9ClF2N4/c8-5-1-12-6(13-2-5)14-4-7(9,10)3-11/h1-2H,3-4,11H2,(H,12,13,14). The summed E-state index contributed by atoms with van der Waals surface area (Å²) in [4.78, 5) is 7.37. The second-order valence-corrected chi connectivity index (χ2v) is 3.07. The number of hydrogen-bond acceptors (Lipinski definition) is 4. The molecule has 0 bridgehead atoms. The summed E-state index contributed by atoms with van der Waals surface area (Å²) in [6.07, 6.45) is 2.63. The third-order valence-electron chi connectivity index (χ3n) is 1.42. The predicted molar refractivity (Wildman–Crippen MR) is 49.5 cm³/mol. The zero-order valence-electron chi connectivity index (χ0n) is 7.17. The maximum atomic E-state index is 12.6. The molecule has 0 amide bonds. The molecule has 0 radical (unpaired) electrons. The van der Waals surface area contributed by atoms with Gasteiger partial charge in [-0.2, -0.15) is 0 Å². The summed E-state index contributed by atoms with van der Waals surface area (Å²) in [7, 11) is 0. The van der Waals surface area contributed by atoms with Crippen LogP contribution in [0.4, 0.5) is 14.7 Å². The SMILES string of the molecule is NCC(F)(F)CNc1ncc(Cl)cn1. The number of anilines is 1. The smallest absolute Gasteiger partial charge is 0.277 e. The molecule has 7 heteroatoms. The lowest BCUT2D eigenvalue weighted by molar-refractivity contribution is 0.0252. The largest absolute Gasteiger partial charge is 0.348 e. The van der Waals surface area contributed by atoms with Crippen LogP contribution in [0.3, 0.4) is 0 Å².